The van der Waals surface area contributed by atoms with Crippen molar-refractivity contribution in [1.29, 1.82) is 0 Å². The minimum Gasteiger partial charge on any atom is -0.293 e. The first-order valence-corrected chi connectivity index (χ1v) is 7.64. The summed E-state index contributed by atoms with van der Waals surface area (Å²) in [7, 11) is -1.59. The zero-order chi connectivity index (χ0) is 15.6. The Hall–Kier alpha value is -1.88. The number of Topliss-reactive ketones (excluding diaryl/α,β-unsaturated/α-hetero) is 1. The largest absolute Gasteiger partial charge is 0.293 e. The summed E-state index contributed by atoms with van der Waals surface area (Å²) in [6.07, 6.45) is 0. The molecule has 2 nitrogen and oxygen atoms in total. The van der Waals surface area contributed by atoms with Crippen molar-refractivity contribution < 1.29 is 17.8 Å². The van der Waals surface area contributed by atoms with E-state index in [0.717, 1.165) is 29.3 Å². The molecular weight excluding hydrogens is 294 g/mol. The average Bonchev–Trinajstić information content (AvgIpc) is 2.43. The van der Waals surface area contributed by atoms with Crippen molar-refractivity contribution in [3.63, 3.8) is 0 Å². The van der Waals surface area contributed by atoms with Crippen molar-refractivity contribution in [1.82, 2.24) is 0 Å². The van der Waals surface area contributed by atoms with E-state index in [1.807, 2.05) is 19.1 Å². The van der Waals surface area contributed by atoms with Gasteiger partial charge < -0.3 is 0 Å². The van der Waals surface area contributed by atoms with Crippen molar-refractivity contribution in [3.05, 3.63) is 64.7 Å². The minimum atomic E-state index is -1.59. The summed E-state index contributed by atoms with van der Waals surface area (Å²) in [5.74, 6) is -2.55. The summed E-state index contributed by atoms with van der Waals surface area (Å²) in [6, 6.07) is 8.09. The van der Waals surface area contributed by atoms with E-state index >= 15 is 0 Å². The Morgan fingerprint density at radius 1 is 1.10 bits per heavy atom. The second-order valence-electron chi connectivity index (χ2n) is 4.81. The van der Waals surface area contributed by atoms with Crippen LogP contribution in [-0.4, -0.2) is 15.7 Å². The zero-order valence-corrected chi connectivity index (χ0v) is 12.5. The molecule has 2 rings (SSSR count). The first-order chi connectivity index (χ1) is 9.88. The lowest BCUT2D eigenvalue weighted by atomic mass is 10.1. The average molecular weight is 308 g/mol. The molecule has 2 aromatic rings. The molecule has 0 fully saturated rings. The summed E-state index contributed by atoms with van der Waals surface area (Å²) in [6.45, 7) is 3.65. The molecule has 0 saturated heterocycles. The number of carbonyl (C=O) groups is 1. The van der Waals surface area contributed by atoms with Crippen molar-refractivity contribution in [2.24, 2.45) is 0 Å². The van der Waals surface area contributed by atoms with E-state index in [4.69, 9.17) is 0 Å². The molecule has 0 heterocycles. The van der Waals surface area contributed by atoms with Gasteiger partial charge in [-0.15, -0.1) is 0 Å². The Kier molecular flexibility index (Phi) is 4.63. The molecule has 0 aliphatic heterocycles. The number of hydrogen-bond acceptors (Lipinski definition) is 2. The van der Waals surface area contributed by atoms with Crippen LogP contribution in [0.3, 0.4) is 0 Å². The van der Waals surface area contributed by atoms with Gasteiger partial charge in [-0.2, -0.15) is 0 Å². The third-order valence-corrected chi connectivity index (χ3v) is 4.53. The lowest BCUT2D eigenvalue weighted by Gasteiger charge is -2.07. The third-order valence-electron chi connectivity index (χ3n) is 3.08. The van der Waals surface area contributed by atoms with E-state index in [9.17, 15) is 17.8 Å². The second kappa shape index (κ2) is 6.26. The van der Waals surface area contributed by atoms with E-state index in [1.165, 1.54) is 0 Å². The Morgan fingerprint density at radius 3 is 2.52 bits per heavy atom. The molecule has 0 radical (unpaired) electrons. The molecule has 1 unspecified atom stereocenters. The smallest absolute Gasteiger partial charge is 0.178 e. The van der Waals surface area contributed by atoms with Crippen LogP contribution in [0.1, 0.15) is 21.5 Å². The topological polar surface area (TPSA) is 34.1 Å². The number of benzene rings is 2. The SMILES string of the molecule is Cc1ccc(C)c(S(=O)CC(=O)c2cc(F)ccc2F)c1. The van der Waals surface area contributed by atoms with Gasteiger partial charge in [0.25, 0.3) is 0 Å². The monoisotopic (exact) mass is 308 g/mol. The number of aryl methyl sites for hydroxylation is 2. The van der Waals surface area contributed by atoms with Crippen LogP contribution in [0.15, 0.2) is 41.3 Å². The van der Waals surface area contributed by atoms with Crippen LogP contribution in [-0.2, 0) is 10.8 Å². The van der Waals surface area contributed by atoms with Gasteiger partial charge in [0.15, 0.2) is 5.78 Å². The van der Waals surface area contributed by atoms with Gasteiger partial charge in [-0.25, -0.2) is 8.78 Å². The molecule has 0 bridgehead atoms. The fraction of sp³-hybridized carbons (Fsp3) is 0.188. The van der Waals surface area contributed by atoms with Gasteiger partial charge in [-0.1, -0.05) is 12.1 Å². The molecule has 0 spiro atoms. The predicted octanol–water partition coefficient (Wildman–Crippen LogP) is 3.57. The maximum Gasteiger partial charge on any atom is 0.178 e. The van der Waals surface area contributed by atoms with Crippen molar-refractivity contribution in [2.45, 2.75) is 18.7 Å². The predicted molar refractivity (Wildman–Crippen MR) is 77.9 cm³/mol. The second-order valence-corrected chi connectivity index (χ2v) is 6.23. The van der Waals surface area contributed by atoms with Crippen LogP contribution < -0.4 is 0 Å². The van der Waals surface area contributed by atoms with Crippen molar-refractivity contribution >= 4 is 16.6 Å². The summed E-state index contributed by atoms with van der Waals surface area (Å²) in [4.78, 5) is 12.5. The first kappa shape index (κ1) is 15.5. The third kappa shape index (κ3) is 3.61. The summed E-state index contributed by atoms with van der Waals surface area (Å²) < 4.78 is 38.9. The van der Waals surface area contributed by atoms with E-state index in [0.29, 0.717) is 4.90 Å². The number of ketones is 1. The van der Waals surface area contributed by atoms with Crippen LogP contribution in [0.25, 0.3) is 0 Å². The Balaban J connectivity index is 2.25. The highest BCUT2D eigenvalue weighted by molar-refractivity contribution is 7.85. The highest BCUT2D eigenvalue weighted by Gasteiger charge is 2.18. The minimum absolute atomic E-state index is 0.367. The quantitative estimate of drug-likeness (QED) is 0.809. The molecule has 0 amide bonds. The van der Waals surface area contributed by atoms with Crippen molar-refractivity contribution in [2.75, 3.05) is 5.75 Å². The highest BCUT2D eigenvalue weighted by atomic mass is 32.2. The fourth-order valence-electron chi connectivity index (χ4n) is 1.94. The molecule has 21 heavy (non-hydrogen) atoms. The molecule has 0 N–H and O–H groups in total. The molecule has 5 heteroatoms. The summed E-state index contributed by atoms with van der Waals surface area (Å²) in [5.41, 5.74) is 1.36. The van der Waals surface area contributed by atoms with E-state index in [2.05, 4.69) is 0 Å². The van der Waals surface area contributed by atoms with E-state index < -0.39 is 28.2 Å². The van der Waals surface area contributed by atoms with Gasteiger partial charge >= 0.3 is 0 Å². The Labute approximate surface area is 124 Å². The normalized spacial score (nSPS) is 12.2. The molecule has 0 saturated carbocycles. The Morgan fingerprint density at radius 2 is 1.81 bits per heavy atom. The molecule has 110 valence electrons. The maximum atomic E-state index is 13.5. The van der Waals surface area contributed by atoms with Crippen molar-refractivity contribution in [3.8, 4) is 0 Å². The standard InChI is InChI=1S/C16H14F2O2S/c1-10-3-4-11(2)16(7-10)21(20)9-15(19)13-8-12(17)5-6-14(13)18/h3-8H,9H2,1-2H3. The number of carbonyl (C=O) groups excluding carboxylic acids is 1. The van der Waals surface area contributed by atoms with Crippen LogP contribution >= 0.6 is 0 Å². The van der Waals surface area contributed by atoms with Gasteiger partial charge in [-0.3, -0.25) is 9.00 Å². The van der Waals surface area contributed by atoms with E-state index in [1.54, 1.807) is 13.0 Å². The van der Waals surface area contributed by atoms with Crippen LogP contribution in [0.5, 0.6) is 0 Å². The number of rotatable bonds is 4. The molecule has 0 aliphatic rings. The van der Waals surface area contributed by atoms with Crippen LogP contribution in [0, 0.1) is 25.5 Å². The summed E-state index contributed by atoms with van der Waals surface area (Å²) >= 11 is 0. The lowest BCUT2D eigenvalue weighted by molar-refractivity contribution is 0.101. The zero-order valence-electron chi connectivity index (χ0n) is 11.7. The first-order valence-electron chi connectivity index (χ1n) is 6.32. The molecular formula is C16H14F2O2S. The van der Waals surface area contributed by atoms with Gasteiger partial charge in [0.1, 0.15) is 11.6 Å². The highest BCUT2D eigenvalue weighted by Crippen LogP contribution is 2.17. The molecule has 1 atom stereocenters. The molecule has 0 aromatic heterocycles. The molecule has 2 aromatic carbocycles. The molecule has 0 aliphatic carbocycles. The van der Waals surface area contributed by atoms with Crippen LogP contribution in [0.2, 0.25) is 0 Å². The number of halogens is 2. The van der Waals surface area contributed by atoms with E-state index in [-0.39, 0.29) is 11.3 Å². The van der Waals surface area contributed by atoms with Gasteiger partial charge in [-0.05, 0) is 49.2 Å². The van der Waals surface area contributed by atoms with Gasteiger partial charge in [0.2, 0.25) is 0 Å². The lowest BCUT2D eigenvalue weighted by Crippen LogP contribution is -2.14. The Bertz CT molecular complexity index is 665. The maximum absolute atomic E-state index is 13.5. The van der Waals surface area contributed by atoms with Gasteiger partial charge in [0, 0.05) is 4.90 Å². The summed E-state index contributed by atoms with van der Waals surface area (Å²) in [5, 5.41) is 0. The van der Waals surface area contributed by atoms with Gasteiger partial charge in [0.05, 0.1) is 22.1 Å². The van der Waals surface area contributed by atoms with Crippen LogP contribution in [0.4, 0.5) is 8.78 Å². The number of hydrogen-bond donors (Lipinski definition) is 0. The fourth-order valence-corrected chi connectivity index (χ4v) is 3.23.